The molecule has 0 fully saturated rings. The fourth-order valence-electron chi connectivity index (χ4n) is 1.69. The first kappa shape index (κ1) is 19.1. The third-order valence-corrected chi connectivity index (χ3v) is 3.69. The largest absolute Gasteiger partial charge is 0.492 e. The monoisotopic (exact) mass is 451 g/mol. The zero-order chi connectivity index (χ0) is 14.9. The van der Waals surface area contributed by atoms with Crippen molar-refractivity contribution >= 4 is 52.9 Å². The summed E-state index contributed by atoms with van der Waals surface area (Å²) >= 11 is 7.58. The molecule has 4 nitrogen and oxygen atoms in total. The van der Waals surface area contributed by atoms with E-state index in [2.05, 4.69) is 32.5 Å². The molecule has 1 aromatic carbocycles. The molecule has 1 heterocycles. The van der Waals surface area contributed by atoms with Crippen LogP contribution in [0.3, 0.4) is 0 Å². The molecule has 0 aliphatic heterocycles. The van der Waals surface area contributed by atoms with Crippen molar-refractivity contribution in [2.75, 3.05) is 20.2 Å². The highest BCUT2D eigenvalue weighted by molar-refractivity contribution is 14.0. The number of ether oxygens (including phenoxy) is 1. The first-order valence-electron chi connectivity index (χ1n) is 6.62. The molecule has 0 spiro atoms. The van der Waals surface area contributed by atoms with Crippen molar-refractivity contribution in [2.24, 2.45) is 4.99 Å². The zero-order valence-corrected chi connectivity index (χ0v) is 16.1. The summed E-state index contributed by atoms with van der Waals surface area (Å²) in [4.78, 5) is 4.17. The van der Waals surface area contributed by atoms with Crippen molar-refractivity contribution in [3.05, 3.63) is 51.7 Å². The second-order valence-corrected chi connectivity index (χ2v) is 5.51. The van der Waals surface area contributed by atoms with E-state index in [0.717, 1.165) is 18.3 Å². The summed E-state index contributed by atoms with van der Waals surface area (Å²) in [6.45, 7) is 1.97. The van der Waals surface area contributed by atoms with Crippen LogP contribution in [0.1, 0.15) is 5.56 Å². The summed E-state index contributed by atoms with van der Waals surface area (Å²) in [6.07, 6.45) is 0. The smallest absolute Gasteiger partial charge is 0.191 e. The molecule has 2 rings (SSSR count). The number of thiophene rings is 1. The van der Waals surface area contributed by atoms with Crippen molar-refractivity contribution in [3.8, 4) is 5.75 Å². The lowest BCUT2D eigenvalue weighted by Crippen LogP contribution is -2.38. The van der Waals surface area contributed by atoms with Crippen LogP contribution < -0.4 is 15.4 Å². The van der Waals surface area contributed by atoms with Crippen LogP contribution in [0.4, 0.5) is 0 Å². The number of hydrogen-bond donors (Lipinski definition) is 2. The molecule has 0 aliphatic carbocycles. The van der Waals surface area contributed by atoms with E-state index in [1.807, 2.05) is 18.2 Å². The lowest BCUT2D eigenvalue weighted by molar-refractivity contribution is 0.322. The molecule has 0 bridgehead atoms. The van der Waals surface area contributed by atoms with Gasteiger partial charge in [-0.25, -0.2) is 0 Å². The average Bonchev–Trinajstić information content (AvgIpc) is 3.00. The molecule has 120 valence electrons. The van der Waals surface area contributed by atoms with Crippen LogP contribution >= 0.6 is 46.9 Å². The fraction of sp³-hybridized carbons (Fsp3) is 0.267. The topological polar surface area (TPSA) is 45.7 Å². The molecule has 0 radical (unpaired) electrons. The van der Waals surface area contributed by atoms with Gasteiger partial charge in [0.05, 0.1) is 6.54 Å². The Kier molecular flexibility index (Phi) is 9.26. The Hall–Kier alpha value is -0.990. The van der Waals surface area contributed by atoms with Gasteiger partial charge in [0, 0.05) is 18.6 Å². The van der Waals surface area contributed by atoms with Gasteiger partial charge in [0.25, 0.3) is 0 Å². The maximum Gasteiger partial charge on any atom is 0.191 e. The van der Waals surface area contributed by atoms with E-state index in [9.17, 15) is 0 Å². The summed E-state index contributed by atoms with van der Waals surface area (Å²) in [7, 11) is 1.75. The molecule has 0 aliphatic rings. The molecule has 2 N–H and O–H groups in total. The molecule has 22 heavy (non-hydrogen) atoms. The van der Waals surface area contributed by atoms with E-state index in [0.29, 0.717) is 18.2 Å². The number of guanidine groups is 1. The van der Waals surface area contributed by atoms with Crippen molar-refractivity contribution in [1.82, 2.24) is 10.6 Å². The molecule has 0 unspecified atom stereocenters. The second kappa shape index (κ2) is 10.7. The molecular weight excluding hydrogens is 433 g/mol. The molecule has 2 aromatic rings. The Morgan fingerprint density at radius 2 is 2.18 bits per heavy atom. The normalized spacial score (nSPS) is 10.7. The van der Waals surface area contributed by atoms with Crippen LogP contribution in [0.5, 0.6) is 5.75 Å². The van der Waals surface area contributed by atoms with E-state index in [4.69, 9.17) is 16.3 Å². The van der Waals surface area contributed by atoms with Gasteiger partial charge in [0.1, 0.15) is 12.4 Å². The maximum absolute atomic E-state index is 5.90. The summed E-state index contributed by atoms with van der Waals surface area (Å²) in [6, 6.07) is 9.46. The number of rotatable bonds is 6. The number of hydrogen-bond acceptors (Lipinski definition) is 3. The van der Waals surface area contributed by atoms with Crippen molar-refractivity contribution in [2.45, 2.75) is 6.54 Å². The van der Waals surface area contributed by atoms with Gasteiger partial charge >= 0.3 is 0 Å². The van der Waals surface area contributed by atoms with Gasteiger partial charge in [-0.15, -0.1) is 24.0 Å². The van der Waals surface area contributed by atoms with Crippen LogP contribution in [0.2, 0.25) is 5.02 Å². The Morgan fingerprint density at radius 3 is 2.86 bits per heavy atom. The summed E-state index contributed by atoms with van der Waals surface area (Å²) in [5.41, 5.74) is 1.25. The van der Waals surface area contributed by atoms with Crippen LogP contribution in [0.25, 0.3) is 0 Å². The van der Waals surface area contributed by atoms with Crippen LogP contribution in [0.15, 0.2) is 46.1 Å². The molecular formula is C15H19ClIN3OS. The highest BCUT2D eigenvalue weighted by Gasteiger charge is 1.99. The van der Waals surface area contributed by atoms with Gasteiger partial charge in [-0.05, 0) is 40.6 Å². The lowest BCUT2D eigenvalue weighted by atomic mass is 10.3. The molecule has 0 saturated carbocycles. The maximum atomic E-state index is 5.90. The first-order valence-corrected chi connectivity index (χ1v) is 7.94. The predicted octanol–water partition coefficient (Wildman–Crippen LogP) is 3.76. The summed E-state index contributed by atoms with van der Waals surface area (Å²) < 4.78 is 5.60. The molecule has 1 aromatic heterocycles. The standard InChI is InChI=1S/C15H18ClN3OS.HI/c1-17-15(19-10-12-5-8-21-11-12)18-6-7-20-14-4-2-3-13(16)9-14;/h2-5,8-9,11H,6-7,10H2,1H3,(H2,17,18,19);1H. The zero-order valence-electron chi connectivity index (χ0n) is 12.2. The lowest BCUT2D eigenvalue weighted by Gasteiger charge is -2.12. The highest BCUT2D eigenvalue weighted by atomic mass is 127. The quantitative estimate of drug-likeness (QED) is 0.304. The minimum Gasteiger partial charge on any atom is -0.492 e. The van der Waals surface area contributed by atoms with E-state index < -0.39 is 0 Å². The van der Waals surface area contributed by atoms with Crippen LogP contribution in [0, 0.1) is 0 Å². The minimum absolute atomic E-state index is 0. The minimum atomic E-state index is 0. The number of halogens is 2. The Bertz CT molecular complexity index is 578. The molecule has 0 saturated heterocycles. The highest BCUT2D eigenvalue weighted by Crippen LogP contribution is 2.16. The van der Waals surface area contributed by atoms with Gasteiger partial charge in [-0.1, -0.05) is 17.7 Å². The van der Waals surface area contributed by atoms with Crippen molar-refractivity contribution in [3.63, 3.8) is 0 Å². The summed E-state index contributed by atoms with van der Waals surface area (Å²) in [5, 5.41) is 11.3. The van der Waals surface area contributed by atoms with Gasteiger partial charge < -0.3 is 15.4 Å². The molecule has 0 amide bonds. The summed E-state index contributed by atoms with van der Waals surface area (Å²) in [5.74, 6) is 1.53. The third-order valence-electron chi connectivity index (χ3n) is 2.72. The van der Waals surface area contributed by atoms with Gasteiger partial charge in [-0.2, -0.15) is 11.3 Å². The predicted molar refractivity (Wildman–Crippen MR) is 105 cm³/mol. The van der Waals surface area contributed by atoms with E-state index >= 15 is 0 Å². The van der Waals surface area contributed by atoms with Crippen molar-refractivity contribution < 1.29 is 4.74 Å². The first-order chi connectivity index (χ1) is 10.3. The van der Waals surface area contributed by atoms with Gasteiger partial charge in [0.15, 0.2) is 5.96 Å². The van der Waals surface area contributed by atoms with Gasteiger partial charge in [0.2, 0.25) is 0 Å². The second-order valence-electron chi connectivity index (χ2n) is 4.29. The molecule has 0 atom stereocenters. The molecule has 7 heteroatoms. The average molecular weight is 452 g/mol. The Balaban J connectivity index is 0.00000242. The third kappa shape index (κ3) is 6.85. The van der Waals surface area contributed by atoms with Gasteiger partial charge in [-0.3, -0.25) is 4.99 Å². The fourth-order valence-corrected chi connectivity index (χ4v) is 2.54. The Labute approximate surface area is 157 Å². The number of nitrogens with one attached hydrogen (secondary N) is 2. The Morgan fingerprint density at radius 1 is 1.32 bits per heavy atom. The van der Waals surface area contributed by atoms with Crippen molar-refractivity contribution in [1.29, 1.82) is 0 Å². The van der Waals surface area contributed by atoms with E-state index in [1.165, 1.54) is 5.56 Å². The van der Waals surface area contributed by atoms with E-state index in [1.54, 1.807) is 24.5 Å². The number of aliphatic imine (C=N–C) groups is 1. The van der Waals surface area contributed by atoms with E-state index in [-0.39, 0.29) is 24.0 Å². The number of nitrogens with zero attached hydrogens (tertiary/aromatic N) is 1. The SMILES string of the molecule is CN=C(NCCOc1cccc(Cl)c1)NCc1ccsc1.I. The number of benzene rings is 1. The van der Waals surface area contributed by atoms with Crippen LogP contribution in [-0.2, 0) is 6.54 Å². The van der Waals surface area contributed by atoms with Crippen LogP contribution in [-0.4, -0.2) is 26.2 Å².